The first-order valence-electron chi connectivity index (χ1n) is 11.6. The fraction of sp³-hybridized carbons (Fsp3) is 0.148. The van der Waals surface area contributed by atoms with E-state index in [1.54, 1.807) is 48.5 Å². The minimum absolute atomic E-state index is 0.0337. The second-order valence-corrected chi connectivity index (χ2v) is 9.55. The number of amides is 1. The first-order chi connectivity index (χ1) is 19.1. The number of ether oxygens (including phenoxy) is 3. The van der Waals surface area contributed by atoms with Gasteiger partial charge < -0.3 is 19.1 Å². The van der Waals surface area contributed by atoms with Gasteiger partial charge in [0.25, 0.3) is 11.6 Å². The van der Waals surface area contributed by atoms with Gasteiger partial charge in [-0.05, 0) is 78.0 Å². The lowest BCUT2D eigenvalue weighted by atomic mass is 10.1. The SMILES string of the molecule is COC(=O)CN1C(=S)N(c2ccc(Cl)cc2)C(=O)/C1=C/c1cc(Cl)c(OCc2ccc([N+](=O)[O-])cc2)c(OC)c1. The Morgan fingerprint density at radius 2 is 1.75 bits per heavy atom. The van der Waals surface area contributed by atoms with Gasteiger partial charge >= 0.3 is 5.97 Å². The van der Waals surface area contributed by atoms with Crippen LogP contribution in [0.5, 0.6) is 11.5 Å². The number of carbonyl (C=O) groups is 2. The highest BCUT2D eigenvalue weighted by Crippen LogP contribution is 2.38. The molecule has 10 nitrogen and oxygen atoms in total. The maximum atomic E-state index is 13.5. The van der Waals surface area contributed by atoms with Crippen LogP contribution in [-0.2, 0) is 20.9 Å². The number of non-ortho nitro benzene ring substituents is 1. The Balaban J connectivity index is 1.65. The van der Waals surface area contributed by atoms with E-state index in [0.29, 0.717) is 21.8 Å². The molecule has 0 aliphatic carbocycles. The van der Waals surface area contributed by atoms with Gasteiger partial charge in [0.05, 0.1) is 29.9 Å². The molecule has 1 heterocycles. The van der Waals surface area contributed by atoms with Crippen molar-refractivity contribution in [3.8, 4) is 11.5 Å². The summed E-state index contributed by atoms with van der Waals surface area (Å²) in [5.41, 5.74) is 1.71. The average Bonchev–Trinajstić information content (AvgIpc) is 3.16. The number of nitro benzene ring substituents is 1. The van der Waals surface area contributed by atoms with E-state index in [1.807, 2.05) is 0 Å². The number of nitro groups is 1. The first-order valence-corrected chi connectivity index (χ1v) is 12.7. The Bertz CT molecular complexity index is 1510. The Hall–Kier alpha value is -4.19. The van der Waals surface area contributed by atoms with Gasteiger partial charge in [0, 0.05) is 17.2 Å². The van der Waals surface area contributed by atoms with Gasteiger partial charge in [-0.3, -0.25) is 24.6 Å². The number of nitrogens with zero attached hydrogens (tertiary/aromatic N) is 3. The van der Waals surface area contributed by atoms with Crippen molar-refractivity contribution in [1.82, 2.24) is 4.90 Å². The van der Waals surface area contributed by atoms with Gasteiger partial charge in [-0.15, -0.1) is 0 Å². The number of thiocarbonyl (C=S) groups is 1. The summed E-state index contributed by atoms with van der Waals surface area (Å²) in [4.78, 5) is 38.7. The van der Waals surface area contributed by atoms with E-state index in [1.165, 1.54) is 42.2 Å². The number of anilines is 1. The molecule has 0 N–H and O–H groups in total. The molecule has 1 amide bonds. The van der Waals surface area contributed by atoms with Crippen molar-refractivity contribution < 1.29 is 28.7 Å². The molecule has 3 aromatic rings. The zero-order valence-corrected chi connectivity index (χ0v) is 23.5. The van der Waals surface area contributed by atoms with Gasteiger partial charge in [-0.25, -0.2) is 0 Å². The third-order valence-corrected chi connectivity index (χ3v) is 6.76. The monoisotopic (exact) mass is 601 g/mol. The van der Waals surface area contributed by atoms with E-state index >= 15 is 0 Å². The fourth-order valence-corrected chi connectivity index (χ4v) is 4.59. The van der Waals surface area contributed by atoms with Crippen LogP contribution in [0.4, 0.5) is 11.4 Å². The predicted octanol–water partition coefficient (Wildman–Crippen LogP) is 5.64. The molecule has 1 fully saturated rings. The van der Waals surface area contributed by atoms with E-state index in [4.69, 9.17) is 49.6 Å². The summed E-state index contributed by atoms with van der Waals surface area (Å²) in [6.07, 6.45) is 1.53. The zero-order valence-electron chi connectivity index (χ0n) is 21.1. The molecular weight excluding hydrogens is 581 g/mol. The summed E-state index contributed by atoms with van der Waals surface area (Å²) in [6, 6.07) is 15.6. The summed E-state index contributed by atoms with van der Waals surface area (Å²) in [5.74, 6) is -0.537. The van der Waals surface area contributed by atoms with Crippen molar-refractivity contribution >= 4 is 69.9 Å². The smallest absolute Gasteiger partial charge is 0.325 e. The Morgan fingerprint density at radius 3 is 2.35 bits per heavy atom. The molecule has 1 aliphatic rings. The van der Waals surface area contributed by atoms with E-state index in [-0.39, 0.29) is 46.2 Å². The molecule has 206 valence electrons. The highest BCUT2D eigenvalue weighted by Gasteiger charge is 2.40. The topological polar surface area (TPSA) is 111 Å². The zero-order chi connectivity index (χ0) is 29.0. The first kappa shape index (κ1) is 28.8. The number of hydrogen-bond donors (Lipinski definition) is 0. The largest absolute Gasteiger partial charge is 0.493 e. The van der Waals surface area contributed by atoms with Crippen LogP contribution in [0, 0.1) is 10.1 Å². The fourth-order valence-electron chi connectivity index (χ4n) is 3.84. The minimum atomic E-state index is -0.593. The lowest BCUT2D eigenvalue weighted by Gasteiger charge is -2.19. The molecule has 0 unspecified atom stereocenters. The van der Waals surface area contributed by atoms with Crippen molar-refractivity contribution in [2.45, 2.75) is 6.61 Å². The van der Waals surface area contributed by atoms with Crippen LogP contribution in [0.2, 0.25) is 10.0 Å². The summed E-state index contributed by atoms with van der Waals surface area (Å²) in [7, 11) is 2.67. The van der Waals surface area contributed by atoms with Crippen molar-refractivity contribution in [3.63, 3.8) is 0 Å². The number of benzene rings is 3. The molecule has 0 atom stereocenters. The third kappa shape index (κ3) is 6.17. The minimum Gasteiger partial charge on any atom is -0.493 e. The van der Waals surface area contributed by atoms with Gasteiger partial charge in [-0.1, -0.05) is 23.2 Å². The molecule has 0 aromatic heterocycles. The summed E-state index contributed by atoms with van der Waals surface area (Å²) in [5, 5.41) is 11.6. The quantitative estimate of drug-likeness (QED) is 0.101. The molecule has 4 rings (SSSR count). The average molecular weight is 602 g/mol. The van der Waals surface area contributed by atoms with Crippen LogP contribution in [0.3, 0.4) is 0 Å². The maximum absolute atomic E-state index is 13.5. The normalized spacial score (nSPS) is 14.1. The molecule has 0 saturated carbocycles. The van der Waals surface area contributed by atoms with Gasteiger partial charge in [0.2, 0.25) is 0 Å². The molecule has 1 aliphatic heterocycles. The van der Waals surface area contributed by atoms with Crippen LogP contribution < -0.4 is 14.4 Å². The van der Waals surface area contributed by atoms with Crippen molar-refractivity contribution in [2.75, 3.05) is 25.7 Å². The molecule has 40 heavy (non-hydrogen) atoms. The number of esters is 1. The summed E-state index contributed by atoms with van der Waals surface area (Å²) >= 11 is 18.1. The van der Waals surface area contributed by atoms with Gasteiger partial charge in [0.1, 0.15) is 18.8 Å². The van der Waals surface area contributed by atoms with E-state index in [2.05, 4.69) is 0 Å². The lowest BCUT2D eigenvalue weighted by Crippen LogP contribution is -2.35. The van der Waals surface area contributed by atoms with E-state index < -0.39 is 16.8 Å². The highest BCUT2D eigenvalue weighted by molar-refractivity contribution is 7.80. The van der Waals surface area contributed by atoms with Crippen LogP contribution >= 0.6 is 35.4 Å². The molecule has 0 radical (unpaired) electrons. The lowest BCUT2D eigenvalue weighted by molar-refractivity contribution is -0.384. The van der Waals surface area contributed by atoms with E-state index in [0.717, 1.165) is 0 Å². The van der Waals surface area contributed by atoms with Crippen LogP contribution in [-0.4, -0.2) is 47.6 Å². The molecular formula is C27H21Cl2N3O7S. The molecule has 3 aromatic carbocycles. The second kappa shape index (κ2) is 12.3. The molecule has 13 heteroatoms. The standard InChI is InChI=1S/C27H21Cl2N3O7S/c1-37-23-13-17(11-21(29)25(23)39-15-16-3-7-20(8-4-16)32(35)36)12-22-26(34)31(19-9-5-18(28)6-10-19)27(40)30(22)14-24(33)38-2/h3-13H,14-15H2,1-2H3/b22-12-. The van der Waals surface area contributed by atoms with E-state index in [9.17, 15) is 19.7 Å². The third-order valence-electron chi connectivity index (χ3n) is 5.82. The number of hydrogen-bond acceptors (Lipinski definition) is 8. The second-order valence-electron chi connectivity index (χ2n) is 8.34. The molecule has 1 saturated heterocycles. The van der Waals surface area contributed by atoms with Crippen LogP contribution in [0.1, 0.15) is 11.1 Å². The number of carbonyl (C=O) groups excluding carboxylic acids is 2. The van der Waals surface area contributed by atoms with Crippen LogP contribution in [0.15, 0.2) is 66.4 Å². The Labute approximate surface area is 244 Å². The number of halogens is 2. The Kier molecular flexibility index (Phi) is 8.88. The molecule has 0 bridgehead atoms. The molecule has 0 spiro atoms. The predicted molar refractivity (Wildman–Crippen MR) is 154 cm³/mol. The van der Waals surface area contributed by atoms with Gasteiger partial charge in [0.15, 0.2) is 16.6 Å². The Morgan fingerprint density at radius 1 is 1.07 bits per heavy atom. The maximum Gasteiger partial charge on any atom is 0.325 e. The van der Waals surface area contributed by atoms with Gasteiger partial charge in [-0.2, -0.15) is 0 Å². The van der Waals surface area contributed by atoms with Crippen molar-refractivity contribution in [2.24, 2.45) is 0 Å². The number of methoxy groups -OCH3 is 2. The highest BCUT2D eigenvalue weighted by atomic mass is 35.5. The van der Waals surface area contributed by atoms with Crippen molar-refractivity contribution in [1.29, 1.82) is 0 Å². The van der Waals surface area contributed by atoms with Crippen LogP contribution in [0.25, 0.3) is 6.08 Å². The summed E-state index contributed by atoms with van der Waals surface area (Å²) < 4.78 is 16.1. The number of rotatable bonds is 9. The summed E-state index contributed by atoms with van der Waals surface area (Å²) in [6.45, 7) is -0.220. The van der Waals surface area contributed by atoms with Crippen molar-refractivity contribution in [3.05, 3.63) is 97.6 Å².